The summed E-state index contributed by atoms with van der Waals surface area (Å²) in [6.07, 6.45) is 0.604. The molecule has 0 aliphatic carbocycles. The quantitative estimate of drug-likeness (QED) is 0.645. The molecule has 0 spiro atoms. The molecule has 1 heterocycles. The Balaban J connectivity index is 1.43. The molecular formula is C21H25ClN2O4S. The van der Waals surface area contributed by atoms with Gasteiger partial charge in [-0.1, -0.05) is 60.1 Å². The van der Waals surface area contributed by atoms with Gasteiger partial charge >= 0.3 is 0 Å². The molecule has 0 saturated carbocycles. The van der Waals surface area contributed by atoms with Crippen LogP contribution in [-0.2, 0) is 25.3 Å². The molecular weight excluding hydrogens is 412 g/mol. The molecule has 1 amide bonds. The van der Waals surface area contributed by atoms with Crippen molar-refractivity contribution in [3.63, 3.8) is 0 Å². The molecule has 156 valence electrons. The molecule has 1 fully saturated rings. The number of hydrogen-bond donors (Lipinski definition) is 1. The van der Waals surface area contributed by atoms with Crippen LogP contribution < -0.4 is 4.72 Å². The fourth-order valence-electron chi connectivity index (χ4n) is 3.24. The molecule has 29 heavy (non-hydrogen) atoms. The molecule has 6 nitrogen and oxygen atoms in total. The number of sulfonamides is 1. The van der Waals surface area contributed by atoms with Crippen LogP contribution in [0.15, 0.2) is 54.6 Å². The first-order chi connectivity index (χ1) is 13.9. The van der Waals surface area contributed by atoms with Crippen molar-refractivity contribution in [2.24, 2.45) is 0 Å². The van der Waals surface area contributed by atoms with Gasteiger partial charge in [0.2, 0.25) is 15.9 Å². The molecule has 1 saturated heterocycles. The Bertz CT molecular complexity index is 921. The van der Waals surface area contributed by atoms with Crippen LogP contribution in [0.1, 0.15) is 30.1 Å². The number of benzene rings is 2. The topological polar surface area (TPSA) is 75.7 Å². The zero-order valence-electron chi connectivity index (χ0n) is 16.1. The summed E-state index contributed by atoms with van der Waals surface area (Å²) in [4.78, 5) is 14.3. The second-order valence-corrected chi connectivity index (χ2v) is 9.17. The lowest BCUT2D eigenvalue weighted by Crippen LogP contribution is -2.42. The molecule has 1 aliphatic heterocycles. The minimum absolute atomic E-state index is 0.0135. The van der Waals surface area contributed by atoms with E-state index in [9.17, 15) is 13.2 Å². The third-order valence-corrected chi connectivity index (χ3v) is 6.49. The number of amides is 1. The summed E-state index contributed by atoms with van der Waals surface area (Å²) >= 11 is 6.02. The van der Waals surface area contributed by atoms with Crippen molar-refractivity contribution < 1.29 is 17.9 Å². The van der Waals surface area contributed by atoms with E-state index >= 15 is 0 Å². The number of rotatable bonds is 8. The Hall–Kier alpha value is -1.93. The number of morpholine rings is 1. The van der Waals surface area contributed by atoms with Gasteiger partial charge in [0.15, 0.2) is 0 Å². The first-order valence-corrected chi connectivity index (χ1v) is 11.6. The third-order valence-electron chi connectivity index (χ3n) is 4.78. The summed E-state index contributed by atoms with van der Waals surface area (Å²) in [6, 6.07) is 16.7. The number of ether oxygens (including phenoxy) is 1. The average molecular weight is 437 g/mol. The van der Waals surface area contributed by atoms with Gasteiger partial charge in [-0.15, -0.1) is 0 Å². The van der Waals surface area contributed by atoms with Gasteiger partial charge in [-0.05, 0) is 23.6 Å². The van der Waals surface area contributed by atoms with E-state index < -0.39 is 10.0 Å². The van der Waals surface area contributed by atoms with Crippen molar-refractivity contribution in [2.45, 2.75) is 24.7 Å². The molecule has 0 radical (unpaired) electrons. The Kier molecular flexibility index (Phi) is 7.66. The highest BCUT2D eigenvalue weighted by Crippen LogP contribution is 2.22. The molecule has 0 aromatic heterocycles. The largest absolute Gasteiger partial charge is 0.370 e. The predicted octanol–water partition coefficient (Wildman–Crippen LogP) is 3.14. The normalized spacial score (nSPS) is 17.3. The summed E-state index contributed by atoms with van der Waals surface area (Å²) in [5.41, 5.74) is 1.61. The molecule has 0 bridgehead atoms. The van der Waals surface area contributed by atoms with Gasteiger partial charge < -0.3 is 9.64 Å². The third kappa shape index (κ3) is 6.54. The van der Waals surface area contributed by atoms with Crippen LogP contribution in [0.3, 0.4) is 0 Å². The predicted molar refractivity (Wildman–Crippen MR) is 113 cm³/mol. The van der Waals surface area contributed by atoms with Gasteiger partial charge in [-0.3, -0.25) is 4.79 Å². The molecule has 1 aliphatic rings. The standard InChI is InChI=1S/C21H25ClN2O4S/c22-19-10-5-4-9-18(19)16-29(26,27)23-12-6-11-21(25)24-13-14-28-20(15-24)17-7-2-1-3-8-17/h1-5,7-10,20,23H,6,11-16H2. The highest BCUT2D eigenvalue weighted by molar-refractivity contribution is 7.88. The van der Waals surface area contributed by atoms with E-state index in [1.54, 1.807) is 29.2 Å². The Morgan fingerprint density at radius 2 is 1.86 bits per heavy atom. The lowest BCUT2D eigenvalue weighted by molar-refractivity contribution is -0.139. The van der Waals surface area contributed by atoms with E-state index in [1.807, 2.05) is 30.3 Å². The van der Waals surface area contributed by atoms with Crippen molar-refractivity contribution in [1.29, 1.82) is 0 Å². The van der Waals surface area contributed by atoms with E-state index in [0.29, 0.717) is 36.7 Å². The average Bonchev–Trinajstić information content (AvgIpc) is 2.73. The fourth-order valence-corrected chi connectivity index (χ4v) is 4.74. The number of carbonyl (C=O) groups is 1. The zero-order chi connectivity index (χ0) is 20.7. The first kappa shape index (κ1) is 21.8. The highest BCUT2D eigenvalue weighted by Gasteiger charge is 2.25. The van der Waals surface area contributed by atoms with E-state index in [2.05, 4.69) is 4.72 Å². The maximum atomic E-state index is 12.5. The van der Waals surface area contributed by atoms with Crippen molar-refractivity contribution in [3.8, 4) is 0 Å². The molecule has 3 rings (SSSR count). The van der Waals surface area contributed by atoms with E-state index in [0.717, 1.165) is 5.56 Å². The summed E-state index contributed by atoms with van der Waals surface area (Å²) in [6.45, 7) is 1.78. The number of carbonyl (C=O) groups excluding carboxylic acids is 1. The van der Waals surface area contributed by atoms with E-state index in [-0.39, 0.29) is 30.7 Å². The number of nitrogens with zero attached hydrogens (tertiary/aromatic N) is 1. The number of nitrogens with one attached hydrogen (secondary N) is 1. The Morgan fingerprint density at radius 3 is 2.62 bits per heavy atom. The maximum absolute atomic E-state index is 12.5. The van der Waals surface area contributed by atoms with E-state index in [4.69, 9.17) is 16.3 Å². The molecule has 2 aromatic carbocycles. The Morgan fingerprint density at radius 1 is 1.14 bits per heavy atom. The smallest absolute Gasteiger partial charge is 0.222 e. The molecule has 1 atom stereocenters. The second kappa shape index (κ2) is 10.2. The summed E-state index contributed by atoms with van der Waals surface area (Å²) < 4.78 is 32.8. The van der Waals surface area contributed by atoms with Crippen LogP contribution in [0, 0.1) is 0 Å². The van der Waals surface area contributed by atoms with E-state index in [1.165, 1.54) is 0 Å². The monoisotopic (exact) mass is 436 g/mol. The molecule has 8 heteroatoms. The Labute approximate surface area is 176 Å². The SMILES string of the molecule is O=C(CCCNS(=O)(=O)Cc1ccccc1Cl)N1CCOC(c2ccccc2)C1. The number of halogens is 1. The minimum Gasteiger partial charge on any atom is -0.370 e. The summed E-state index contributed by atoms with van der Waals surface area (Å²) in [5, 5.41) is 0.424. The van der Waals surface area contributed by atoms with Crippen LogP contribution in [0.5, 0.6) is 0 Å². The highest BCUT2D eigenvalue weighted by atomic mass is 35.5. The van der Waals surface area contributed by atoms with Crippen LogP contribution in [0.4, 0.5) is 0 Å². The zero-order valence-corrected chi connectivity index (χ0v) is 17.7. The van der Waals surface area contributed by atoms with Crippen LogP contribution >= 0.6 is 11.6 Å². The van der Waals surface area contributed by atoms with Gasteiger partial charge in [0.05, 0.1) is 18.9 Å². The lowest BCUT2D eigenvalue weighted by atomic mass is 10.1. The molecule has 1 N–H and O–H groups in total. The summed E-state index contributed by atoms with van der Waals surface area (Å²) in [7, 11) is -3.50. The van der Waals surface area contributed by atoms with Crippen molar-refractivity contribution in [1.82, 2.24) is 9.62 Å². The van der Waals surface area contributed by atoms with Gasteiger partial charge in [-0.25, -0.2) is 13.1 Å². The van der Waals surface area contributed by atoms with Crippen LogP contribution in [0.2, 0.25) is 5.02 Å². The summed E-state index contributed by atoms with van der Waals surface area (Å²) in [5.74, 6) is -0.164. The van der Waals surface area contributed by atoms with Crippen molar-refractivity contribution >= 4 is 27.5 Å². The fraction of sp³-hybridized carbons (Fsp3) is 0.381. The van der Waals surface area contributed by atoms with Crippen molar-refractivity contribution in [3.05, 3.63) is 70.7 Å². The lowest BCUT2D eigenvalue weighted by Gasteiger charge is -2.33. The van der Waals surface area contributed by atoms with Gasteiger partial charge in [0, 0.05) is 24.5 Å². The number of hydrogen-bond acceptors (Lipinski definition) is 4. The molecule has 2 aromatic rings. The van der Waals surface area contributed by atoms with Gasteiger partial charge in [0.1, 0.15) is 6.10 Å². The van der Waals surface area contributed by atoms with Crippen molar-refractivity contribution in [2.75, 3.05) is 26.2 Å². The van der Waals surface area contributed by atoms with Crippen LogP contribution in [0.25, 0.3) is 0 Å². The van der Waals surface area contributed by atoms with Gasteiger partial charge in [-0.2, -0.15) is 0 Å². The minimum atomic E-state index is -3.50. The maximum Gasteiger partial charge on any atom is 0.222 e. The molecule has 1 unspecified atom stereocenters. The second-order valence-electron chi connectivity index (χ2n) is 6.96. The first-order valence-electron chi connectivity index (χ1n) is 9.60. The van der Waals surface area contributed by atoms with Crippen LogP contribution in [-0.4, -0.2) is 45.5 Å². The van der Waals surface area contributed by atoms with Gasteiger partial charge in [0.25, 0.3) is 0 Å².